The maximum absolute atomic E-state index is 13.6. The smallest absolute Gasteiger partial charge is 0.305 e. The summed E-state index contributed by atoms with van der Waals surface area (Å²) in [4.78, 5) is 34.7. The maximum Gasteiger partial charge on any atom is 0.305 e. The normalized spacial score (nSPS) is 11.9. The Balaban J connectivity index is 1.35. The third kappa shape index (κ3) is 4.92. The number of hydrogen-bond donors (Lipinski definition) is 2. The van der Waals surface area contributed by atoms with Gasteiger partial charge in [0, 0.05) is 16.6 Å². The van der Waals surface area contributed by atoms with Gasteiger partial charge in [0.05, 0.1) is 46.6 Å². The second-order valence-electron chi connectivity index (χ2n) is 9.78. The minimum absolute atomic E-state index is 0.0771. The number of rotatable bonds is 7. The summed E-state index contributed by atoms with van der Waals surface area (Å²) in [5, 5.41) is 13.4. The average molecular weight is 527 g/mol. The van der Waals surface area contributed by atoms with Crippen LogP contribution in [0.1, 0.15) is 33.9 Å². The molecule has 0 saturated heterocycles. The van der Waals surface area contributed by atoms with Crippen molar-refractivity contribution in [3.05, 3.63) is 126 Å². The van der Waals surface area contributed by atoms with Gasteiger partial charge < -0.3 is 15.0 Å². The van der Waals surface area contributed by atoms with Crippen molar-refractivity contribution in [3.63, 3.8) is 0 Å². The molecule has 7 heteroatoms. The molecule has 0 radical (unpaired) electrons. The zero-order valence-corrected chi connectivity index (χ0v) is 21.8. The lowest BCUT2D eigenvalue weighted by molar-refractivity contribution is -0.137. The van der Waals surface area contributed by atoms with Crippen molar-refractivity contribution in [3.8, 4) is 11.3 Å². The number of aryl methyl sites for hydroxylation is 1. The first-order chi connectivity index (χ1) is 19.5. The Morgan fingerprint density at radius 1 is 0.875 bits per heavy atom. The second-order valence-corrected chi connectivity index (χ2v) is 9.78. The average Bonchev–Trinajstić information content (AvgIpc) is 3.39. The number of amides is 1. The van der Waals surface area contributed by atoms with Crippen LogP contribution in [-0.2, 0) is 4.79 Å². The lowest BCUT2D eigenvalue weighted by Crippen LogP contribution is -2.14. The third-order valence-corrected chi connectivity index (χ3v) is 7.00. The summed E-state index contributed by atoms with van der Waals surface area (Å²) in [6, 6.07) is 32.1. The molecule has 0 aliphatic heterocycles. The first-order valence-corrected chi connectivity index (χ1v) is 13.0. The van der Waals surface area contributed by atoms with Crippen molar-refractivity contribution in [2.75, 3.05) is 5.32 Å². The fraction of sp³-hybridized carbons (Fsp3) is 0.0909. The summed E-state index contributed by atoms with van der Waals surface area (Å²) in [7, 11) is 0. The van der Waals surface area contributed by atoms with E-state index >= 15 is 0 Å². The predicted molar refractivity (Wildman–Crippen MR) is 156 cm³/mol. The topological polar surface area (TPSA) is 97.1 Å². The van der Waals surface area contributed by atoms with E-state index in [0.29, 0.717) is 16.8 Å². The van der Waals surface area contributed by atoms with Crippen LogP contribution in [-0.4, -0.2) is 31.5 Å². The molecule has 1 atom stereocenters. The minimum Gasteiger partial charge on any atom is -0.481 e. The van der Waals surface area contributed by atoms with Gasteiger partial charge in [-0.2, -0.15) is 0 Å². The number of hydrogen-bond acceptors (Lipinski definition) is 4. The Hall–Kier alpha value is -5.30. The van der Waals surface area contributed by atoms with Gasteiger partial charge in [0.1, 0.15) is 0 Å². The molecule has 6 aromatic rings. The van der Waals surface area contributed by atoms with Gasteiger partial charge in [-0.1, -0.05) is 72.8 Å². The molecule has 0 saturated carbocycles. The van der Waals surface area contributed by atoms with E-state index in [-0.39, 0.29) is 12.3 Å². The molecular weight excluding hydrogens is 500 g/mol. The fourth-order valence-corrected chi connectivity index (χ4v) is 5.06. The zero-order chi connectivity index (χ0) is 27.6. The van der Waals surface area contributed by atoms with Gasteiger partial charge in [0.15, 0.2) is 0 Å². The number of nitrogens with zero attached hydrogens (tertiary/aromatic N) is 3. The van der Waals surface area contributed by atoms with E-state index in [0.717, 1.165) is 38.8 Å². The summed E-state index contributed by atoms with van der Waals surface area (Å²) in [6.07, 6.45) is 1.58. The van der Waals surface area contributed by atoms with E-state index in [1.54, 1.807) is 12.4 Å². The largest absolute Gasteiger partial charge is 0.481 e. The Labute approximate surface area is 230 Å². The van der Waals surface area contributed by atoms with E-state index in [2.05, 4.69) is 10.3 Å². The Morgan fingerprint density at radius 2 is 1.62 bits per heavy atom. The number of anilines is 1. The highest BCUT2D eigenvalue weighted by molar-refractivity contribution is 6.13. The molecule has 2 heterocycles. The monoisotopic (exact) mass is 526 g/mol. The third-order valence-electron chi connectivity index (χ3n) is 7.00. The number of aliphatic carboxylic acids is 1. The molecule has 0 aliphatic rings. The van der Waals surface area contributed by atoms with Gasteiger partial charge in [-0.25, -0.2) is 9.97 Å². The van der Waals surface area contributed by atoms with Crippen LogP contribution in [0.4, 0.5) is 5.69 Å². The zero-order valence-electron chi connectivity index (χ0n) is 21.8. The minimum atomic E-state index is -0.894. The lowest BCUT2D eigenvalue weighted by Gasteiger charge is -2.18. The fourth-order valence-electron chi connectivity index (χ4n) is 5.06. The summed E-state index contributed by atoms with van der Waals surface area (Å²) in [5.41, 5.74) is 6.92. The van der Waals surface area contributed by atoms with Crippen molar-refractivity contribution in [2.24, 2.45) is 0 Å². The quantitative estimate of drug-likeness (QED) is 0.236. The number of aromatic nitrogens is 3. The van der Waals surface area contributed by atoms with Crippen molar-refractivity contribution in [1.29, 1.82) is 0 Å². The van der Waals surface area contributed by atoms with E-state index in [9.17, 15) is 14.7 Å². The summed E-state index contributed by atoms with van der Waals surface area (Å²) in [6.45, 7) is 2.00. The standard InChI is InChI=1S/C33H26N4O3/c1-21-12-14-25-26(18-27(36-28(25)16-21)22-8-4-2-5-9-22)33(40)35-24-13-15-30-29(17-24)34-20-37(30)31(19-32(38)39)23-10-6-3-7-11-23/h2-18,20,31H,19H2,1H3,(H,35,40)(H,38,39). The number of nitrogens with one attached hydrogen (secondary N) is 1. The van der Waals surface area contributed by atoms with E-state index in [1.807, 2.05) is 109 Å². The number of carboxylic acids is 1. The number of carbonyl (C=O) groups is 2. The molecular formula is C33H26N4O3. The van der Waals surface area contributed by atoms with Crippen LogP contribution in [0.5, 0.6) is 0 Å². The van der Waals surface area contributed by atoms with Gasteiger partial charge in [-0.3, -0.25) is 9.59 Å². The number of pyridine rings is 1. The van der Waals surface area contributed by atoms with E-state index in [4.69, 9.17) is 4.98 Å². The highest BCUT2D eigenvalue weighted by Crippen LogP contribution is 2.29. The molecule has 0 aliphatic carbocycles. The van der Waals surface area contributed by atoms with Crippen molar-refractivity contribution >= 4 is 39.5 Å². The van der Waals surface area contributed by atoms with Gasteiger partial charge in [0.25, 0.3) is 5.91 Å². The maximum atomic E-state index is 13.6. The molecule has 2 N–H and O–H groups in total. The molecule has 0 fully saturated rings. The molecule has 1 unspecified atom stereocenters. The van der Waals surface area contributed by atoms with E-state index in [1.165, 1.54) is 0 Å². The van der Waals surface area contributed by atoms with Crippen LogP contribution < -0.4 is 5.32 Å². The SMILES string of the molecule is Cc1ccc2c(C(=O)Nc3ccc4c(c3)ncn4C(CC(=O)O)c3ccccc3)cc(-c3ccccc3)nc2c1. The molecule has 4 aromatic carbocycles. The molecule has 196 valence electrons. The highest BCUT2D eigenvalue weighted by Gasteiger charge is 2.20. The summed E-state index contributed by atoms with van der Waals surface area (Å²) in [5.74, 6) is -1.14. The number of benzene rings is 4. The van der Waals surface area contributed by atoms with E-state index < -0.39 is 12.0 Å². The number of carbonyl (C=O) groups excluding carboxylic acids is 1. The molecule has 6 rings (SSSR count). The molecule has 1 amide bonds. The number of imidazole rings is 1. The number of carboxylic acid groups (broad SMARTS) is 1. The van der Waals surface area contributed by atoms with Gasteiger partial charge in [-0.15, -0.1) is 0 Å². The first kappa shape index (κ1) is 25.0. The molecule has 2 aromatic heterocycles. The van der Waals surface area contributed by atoms with Crippen molar-refractivity contribution < 1.29 is 14.7 Å². The van der Waals surface area contributed by atoms with Crippen LogP contribution in [0.3, 0.4) is 0 Å². The first-order valence-electron chi connectivity index (χ1n) is 13.0. The predicted octanol–water partition coefficient (Wildman–Crippen LogP) is 6.88. The van der Waals surface area contributed by atoms with Gasteiger partial charge in [-0.05, 0) is 48.4 Å². The summed E-state index contributed by atoms with van der Waals surface area (Å²) >= 11 is 0. The van der Waals surface area contributed by atoms with Crippen LogP contribution in [0.2, 0.25) is 0 Å². The highest BCUT2D eigenvalue weighted by atomic mass is 16.4. The second kappa shape index (κ2) is 10.5. The van der Waals surface area contributed by atoms with Crippen molar-refractivity contribution in [2.45, 2.75) is 19.4 Å². The summed E-state index contributed by atoms with van der Waals surface area (Å²) < 4.78 is 1.87. The molecule has 0 spiro atoms. The Morgan fingerprint density at radius 3 is 2.38 bits per heavy atom. The van der Waals surface area contributed by atoms with Crippen LogP contribution in [0.25, 0.3) is 33.2 Å². The van der Waals surface area contributed by atoms with Crippen LogP contribution in [0, 0.1) is 6.92 Å². The van der Waals surface area contributed by atoms with Crippen LogP contribution in [0.15, 0.2) is 109 Å². The Bertz CT molecular complexity index is 1860. The van der Waals surface area contributed by atoms with Gasteiger partial charge >= 0.3 is 5.97 Å². The van der Waals surface area contributed by atoms with Gasteiger partial charge in [0.2, 0.25) is 0 Å². The number of fused-ring (bicyclic) bond motifs is 2. The molecule has 7 nitrogen and oxygen atoms in total. The molecule has 40 heavy (non-hydrogen) atoms. The van der Waals surface area contributed by atoms with Crippen molar-refractivity contribution in [1.82, 2.24) is 14.5 Å². The lowest BCUT2D eigenvalue weighted by atomic mass is 10.0. The van der Waals surface area contributed by atoms with Crippen LogP contribution >= 0.6 is 0 Å². The Kier molecular flexibility index (Phi) is 6.54. The molecule has 0 bridgehead atoms.